The first-order valence-corrected chi connectivity index (χ1v) is 5.56. The fourth-order valence-corrected chi connectivity index (χ4v) is 1.80. The molecule has 82 valence electrons. The Morgan fingerprint density at radius 3 is 2.80 bits per heavy atom. The molecule has 0 atom stereocenters. The number of hydrazine groups is 1. The second-order valence-corrected chi connectivity index (χ2v) is 4.06. The van der Waals surface area contributed by atoms with Gasteiger partial charge in [0.25, 0.3) is 0 Å². The van der Waals surface area contributed by atoms with Crippen LogP contribution in [0.2, 0.25) is 0 Å². The first-order valence-electron chi connectivity index (χ1n) is 5.56. The summed E-state index contributed by atoms with van der Waals surface area (Å²) in [7, 11) is 0. The molecule has 1 aromatic rings. The van der Waals surface area contributed by atoms with Gasteiger partial charge in [0.2, 0.25) is 0 Å². The lowest BCUT2D eigenvalue weighted by molar-refractivity contribution is 0.303. The van der Waals surface area contributed by atoms with Gasteiger partial charge in [0, 0.05) is 6.54 Å². The molecule has 0 radical (unpaired) electrons. The van der Waals surface area contributed by atoms with Gasteiger partial charge in [0.15, 0.2) is 0 Å². The van der Waals surface area contributed by atoms with E-state index >= 15 is 0 Å². The first-order chi connectivity index (χ1) is 7.38. The lowest BCUT2D eigenvalue weighted by Crippen LogP contribution is -2.16. The summed E-state index contributed by atoms with van der Waals surface area (Å²) < 4.78 is 0. The van der Waals surface area contributed by atoms with Crippen molar-refractivity contribution in [1.29, 1.82) is 0 Å². The van der Waals surface area contributed by atoms with Crippen molar-refractivity contribution < 1.29 is 0 Å². The van der Waals surface area contributed by atoms with Crippen LogP contribution in [0.1, 0.15) is 25.7 Å². The van der Waals surface area contributed by atoms with Crippen LogP contribution in [0.5, 0.6) is 0 Å². The first kappa shape index (κ1) is 10.2. The molecule has 0 spiro atoms. The lowest BCUT2D eigenvalue weighted by Gasteiger charge is -2.25. The van der Waals surface area contributed by atoms with E-state index in [0.717, 1.165) is 18.3 Å². The number of aromatic nitrogens is 1. The minimum Gasteiger partial charge on any atom is -0.370 e. The van der Waals surface area contributed by atoms with Crippen LogP contribution in [0, 0.1) is 5.92 Å². The van der Waals surface area contributed by atoms with Gasteiger partial charge in [-0.3, -0.25) is 0 Å². The molecule has 0 amide bonds. The maximum Gasteiger partial charge on any atom is 0.142 e. The summed E-state index contributed by atoms with van der Waals surface area (Å²) in [5.41, 5.74) is 2.54. The van der Waals surface area contributed by atoms with Crippen molar-refractivity contribution >= 4 is 11.6 Å². The normalized spacial score (nSPS) is 15.8. The number of hydrogen-bond acceptors (Lipinski definition) is 4. The second kappa shape index (κ2) is 4.98. The summed E-state index contributed by atoms with van der Waals surface area (Å²) in [4.78, 5) is 4.28. The van der Waals surface area contributed by atoms with Crippen LogP contribution < -0.4 is 16.6 Å². The van der Waals surface area contributed by atoms with E-state index in [9.17, 15) is 0 Å². The number of pyridine rings is 1. The minimum atomic E-state index is 0.698. The monoisotopic (exact) mass is 206 g/mol. The Balaban J connectivity index is 1.76. The summed E-state index contributed by atoms with van der Waals surface area (Å²) >= 11 is 0. The number of nitrogen functional groups attached to an aromatic ring is 1. The molecule has 15 heavy (non-hydrogen) atoms. The molecule has 1 saturated carbocycles. The van der Waals surface area contributed by atoms with E-state index in [1.54, 1.807) is 0 Å². The minimum absolute atomic E-state index is 0.698. The van der Waals surface area contributed by atoms with Crippen molar-refractivity contribution in [3.63, 3.8) is 0 Å². The van der Waals surface area contributed by atoms with Gasteiger partial charge < -0.3 is 10.7 Å². The Labute approximate surface area is 90.2 Å². The third-order valence-corrected chi connectivity index (χ3v) is 2.98. The van der Waals surface area contributed by atoms with Gasteiger partial charge >= 0.3 is 0 Å². The Bertz CT molecular complexity index is 309. The summed E-state index contributed by atoms with van der Waals surface area (Å²) in [5, 5.41) is 3.31. The molecule has 1 heterocycles. The van der Waals surface area contributed by atoms with E-state index in [0.29, 0.717) is 5.82 Å². The largest absolute Gasteiger partial charge is 0.370 e. The van der Waals surface area contributed by atoms with Crippen molar-refractivity contribution in [3.05, 3.63) is 18.2 Å². The summed E-state index contributed by atoms with van der Waals surface area (Å²) in [6, 6.07) is 5.74. The predicted octanol–water partition coefficient (Wildman–Crippen LogP) is 1.97. The average molecular weight is 206 g/mol. The highest BCUT2D eigenvalue weighted by Gasteiger charge is 2.16. The number of nitrogens with zero attached hydrogens (tertiary/aromatic N) is 1. The quantitative estimate of drug-likeness (QED) is 0.509. The van der Waals surface area contributed by atoms with Crippen LogP contribution in [-0.2, 0) is 0 Å². The summed E-state index contributed by atoms with van der Waals surface area (Å²) in [6.07, 6.45) is 5.47. The molecule has 4 nitrogen and oxygen atoms in total. The fourth-order valence-electron chi connectivity index (χ4n) is 1.80. The number of hydrogen-bond donors (Lipinski definition) is 3. The van der Waals surface area contributed by atoms with Crippen LogP contribution in [0.4, 0.5) is 11.6 Å². The van der Waals surface area contributed by atoms with Gasteiger partial charge in [-0.1, -0.05) is 25.3 Å². The number of nitrogens with two attached hydrogens (primary N) is 1. The number of anilines is 2. The Morgan fingerprint density at radius 1 is 1.33 bits per heavy atom. The number of nitrogens with one attached hydrogen (secondary N) is 2. The van der Waals surface area contributed by atoms with E-state index in [-0.39, 0.29) is 0 Å². The van der Waals surface area contributed by atoms with Crippen molar-refractivity contribution in [1.82, 2.24) is 4.98 Å². The van der Waals surface area contributed by atoms with Crippen molar-refractivity contribution in [2.24, 2.45) is 11.8 Å². The molecule has 4 N–H and O–H groups in total. The van der Waals surface area contributed by atoms with Gasteiger partial charge in [0.05, 0.1) is 0 Å². The lowest BCUT2D eigenvalue weighted by atomic mass is 9.83. The highest BCUT2D eigenvalue weighted by Crippen LogP contribution is 2.29. The van der Waals surface area contributed by atoms with Crippen molar-refractivity contribution in [3.8, 4) is 0 Å². The van der Waals surface area contributed by atoms with E-state index in [1.807, 2.05) is 18.2 Å². The smallest absolute Gasteiger partial charge is 0.142 e. The standard InChI is InChI=1S/C11H18N4/c12-15-11-6-2-5-10(14-11)13-8-7-9-3-1-4-9/h2,5-6,9H,1,3-4,7-8,12H2,(H2,13,14,15). The molecule has 0 saturated heterocycles. The maximum absolute atomic E-state index is 5.29. The highest BCUT2D eigenvalue weighted by molar-refractivity contribution is 5.44. The molecule has 2 rings (SSSR count). The van der Waals surface area contributed by atoms with E-state index in [2.05, 4.69) is 15.7 Å². The van der Waals surface area contributed by atoms with Crippen LogP contribution >= 0.6 is 0 Å². The van der Waals surface area contributed by atoms with Crippen molar-refractivity contribution in [2.75, 3.05) is 17.3 Å². The van der Waals surface area contributed by atoms with E-state index < -0.39 is 0 Å². The van der Waals surface area contributed by atoms with Crippen LogP contribution in [0.3, 0.4) is 0 Å². The van der Waals surface area contributed by atoms with Gasteiger partial charge in [-0.15, -0.1) is 0 Å². The zero-order valence-corrected chi connectivity index (χ0v) is 8.87. The summed E-state index contributed by atoms with van der Waals surface area (Å²) in [5.74, 6) is 7.82. The SMILES string of the molecule is NNc1cccc(NCCC2CCC2)n1. The van der Waals surface area contributed by atoms with Gasteiger partial charge in [-0.05, 0) is 24.5 Å². The zero-order valence-electron chi connectivity index (χ0n) is 8.87. The average Bonchev–Trinajstić information content (AvgIpc) is 2.22. The van der Waals surface area contributed by atoms with Crippen LogP contribution in [-0.4, -0.2) is 11.5 Å². The second-order valence-electron chi connectivity index (χ2n) is 4.06. The molecule has 0 bridgehead atoms. The summed E-state index contributed by atoms with van der Waals surface area (Å²) in [6.45, 7) is 1.01. The van der Waals surface area contributed by atoms with Crippen molar-refractivity contribution in [2.45, 2.75) is 25.7 Å². The maximum atomic E-state index is 5.29. The van der Waals surface area contributed by atoms with Crippen LogP contribution in [0.15, 0.2) is 18.2 Å². The Hall–Kier alpha value is -1.29. The molecule has 1 aliphatic rings. The third-order valence-electron chi connectivity index (χ3n) is 2.98. The molecule has 4 heteroatoms. The van der Waals surface area contributed by atoms with Gasteiger partial charge in [0.1, 0.15) is 11.6 Å². The van der Waals surface area contributed by atoms with Gasteiger partial charge in [-0.2, -0.15) is 0 Å². The third kappa shape index (κ3) is 2.83. The highest BCUT2D eigenvalue weighted by atomic mass is 15.3. The molecular weight excluding hydrogens is 188 g/mol. The van der Waals surface area contributed by atoms with E-state index in [1.165, 1.54) is 25.7 Å². The predicted molar refractivity (Wildman–Crippen MR) is 62.5 cm³/mol. The van der Waals surface area contributed by atoms with Crippen LogP contribution in [0.25, 0.3) is 0 Å². The Kier molecular flexibility index (Phi) is 3.40. The number of rotatable bonds is 5. The molecule has 0 aromatic carbocycles. The molecule has 0 unspecified atom stereocenters. The topological polar surface area (TPSA) is 63.0 Å². The van der Waals surface area contributed by atoms with Gasteiger partial charge in [-0.25, -0.2) is 10.8 Å². The zero-order chi connectivity index (χ0) is 10.5. The fraction of sp³-hybridized carbons (Fsp3) is 0.545. The molecule has 1 aliphatic carbocycles. The van der Waals surface area contributed by atoms with E-state index in [4.69, 9.17) is 5.84 Å². The molecular formula is C11H18N4. The molecule has 0 aliphatic heterocycles. The molecule has 1 aromatic heterocycles. The Morgan fingerprint density at radius 2 is 2.13 bits per heavy atom. The molecule has 1 fully saturated rings.